The van der Waals surface area contributed by atoms with E-state index in [9.17, 15) is 45.5 Å². The van der Waals surface area contributed by atoms with Crippen LogP contribution in [-0.4, -0.2) is 36.0 Å². The maximum Gasteiger partial charge on any atom is 0.411 e. The Labute approximate surface area is 238 Å². The molecule has 2 heterocycles. The van der Waals surface area contributed by atoms with Crippen molar-refractivity contribution in [2.45, 2.75) is 17.8 Å². The Balaban J connectivity index is 1.42. The van der Waals surface area contributed by atoms with Crippen molar-refractivity contribution in [3.8, 4) is 0 Å². The summed E-state index contributed by atoms with van der Waals surface area (Å²) in [6.45, 7) is 0. The van der Waals surface area contributed by atoms with E-state index in [1.807, 2.05) is 0 Å². The second-order valence-corrected chi connectivity index (χ2v) is 9.82. The summed E-state index contributed by atoms with van der Waals surface area (Å²) in [7, 11) is 0. The van der Waals surface area contributed by atoms with Gasteiger partial charge < -0.3 is 0 Å². The Bertz CT molecular complexity index is 1620. The van der Waals surface area contributed by atoms with Crippen LogP contribution in [0.5, 0.6) is 0 Å². The molecule has 0 spiro atoms. The lowest BCUT2D eigenvalue weighted by Gasteiger charge is -2.38. The summed E-state index contributed by atoms with van der Waals surface area (Å²) >= 11 is 0. The zero-order valence-corrected chi connectivity index (χ0v) is 21.5. The highest BCUT2D eigenvalue weighted by atomic mass is 19.4. The fraction of sp³-hybridized carbons (Fsp3) is 0.0968. The van der Waals surface area contributed by atoms with E-state index in [1.54, 1.807) is 0 Å². The molecular weight excluding hydrogens is 578 g/mol. The van der Waals surface area contributed by atoms with Crippen LogP contribution in [0.15, 0.2) is 97.1 Å². The lowest BCUT2D eigenvalue weighted by molar-refractivity contribution is -0.288. The van der Waals surface area contributed by atoms with Crippen molar-refractivity contribution in [2.75, 3.05) is 9.80 Å². The molecule has 4 aromatic rings. The van der Waals surface area contributed by atoms with E-state index >= 15 is 0 Å². The zero-order valence-electron chi connectivity index (χ0n) is 21.5. The van der Waals surface area contributed by atoms with Gasteiger partial charge >= 0.3 is 12.4 Å². The molecular formula is C31H16F6N2O4. The first-order chi connectivity index (χ1) is 20.3. The van der Waals surface area contributed by atoms with E-state index in [4.69, 9.17) is 0 Å². The van der Waals surface area contributed by atoms with Gasteiger partial charge in [0.1, 0.15) is 0 Å². The molecule has 6 nitrogen and oxygen atoms in total. The lowest BCUT2D eigenvalue weighted by Crippen LogP contribution is -2.54. The van der Waals surface area contributed by atoms with Crippen molar-refractivity contribution in [2.24, 2.45) is 0 Å². The Morgan fingerprint density at radius 3 is 0.884 bits per heavy atom. The van der Waals surface area contributed by atoms with Crippen molar-refractivity contribution in [1.82, 2.24) is 0 Å². The van der Waals surface area contributed by atoms with Crippen molar-refractivity contribution in [3.63, 3.8) is 0 Å². The number of nitrogens with zero attached hydrogens (tertiary/aromatic N) is 2. The zero-order chi connectivity index (χ0) is 30.9. The number of carbonyl (C=O) groups excluding carboxylic acids is 4. The lowest BCUT2D eigenvalue weighted by atomic mass is 9.73. The van der Waals surface area contributed by atoms with Crippen molar-refractivity contribution < 1.29 is 45.5 Å². The molecule has 4 aromatic carbocycles. The van der Waals surface area contributed by atoms with E-state index in [-0.39, 0.29) is 33.6 Å². The Hall–Kier alpha value is -5.26. The number of amides is 4. The van der Waals surface area contributed by atoms with Crippen LogP contribution in [0, 0.1) is 0 Å². The van der Waals surface area contributed by atoms with Gasteiger partial charge in [0.05, 0.1) is 33.6 Å². The smallest absolute Gasteiger partial charge is 0.268 e. The minimum absolute atomic E-state index is 0.0506. The predicted octanol–water partition coefficient (Wildman–Crippen LogP) is 6.70. The van der Waals surface area contributed by atoms with Crippen LogP contribution in [0.2, 0.25) is 0 Å². The third-order valence-corrected chi connectivity index (χ3v) is 7.56. The minimum Gasteiger partial charge on any atom is -0.268 e. The summed E-state index contributed by atoms with van der Waals surface area (Å²) in [5.74, 6) is -3.07. The average molecular weight is 594 g/mol. The van der Waals surface area contributed by atoms with Crippen LogP contribution in [0.1, 0.15) is 52.6 Å². The predicted molar refractivity (Wildman–Crippen MR) is 141 cm³/mol. The quantitative estimate of drug-likeness (QED) is 0.195. The molecule has 0 radical (unpaired) electrons. The first kappa shape index (κ1) is 27.9. The van der Waals surface area contributed by atoms with Crippen LogP contribution in [0.4, 0.5) is 37.7 Å². The molecule has 0 unspecified atom stereocenters. The molecule has 0 saturated carbocycles. The maximum absolute atomic E-state index is 14.7. The van der Waals surface area contributed by atoms with Gasteiger partial charge in [-0.1, -0.05) is 48.5 Å². The van der Waals surface area contributed by atoms with Crippen molar-refractivity contribution >= 4 is 35.0 Å². The maximum atomic E-state index is 14.7. The Morgan fingerprint density at radius 1 is 0.395 bits per heavy atom. The number of carbonyl (C=O) groups is 4. The Morgan fingerprint density at radius 2 is 0.651 bits per heavy atom. The molecule has 4 amide bonds. The number of halogens is 6. The molecule has 0 saturated heterocycles. The molecule has 2 aliphatic rings. The third kappa shape index (κ3) is 3.89. The van der Waals surface area contributed by atoms with Crippen LogP contribution >= 0.6 is 0 Å². The van der Waals surface area contributed by atoms with Gasteiger partial charge in [-0.25, -0.2) is 9.80 Å². The number of hydrogen-bond acceptors (Lipinski definition) is 4. The molecule has 0 fully saturated rings. The number of anilines is 2. The molecule has 0 atom stereocenters. The van der Waals surface area contributed by atoms with Gasteiger partial charge in [-0.3, -0.25) is 19.2 Å². The van der Waals surface area contributed by atoms with Gasteiger partial charge in [-0.2, -0.15) is 26.3 Å². The van der Waals surface area contributed by atoms with E-state index in [0.717, 1.165) is 24.3 Å². The van der Waals surface area contributed by atoms with E-state index in [0.29, 0.717) is 34.1 Å². The highest BCUT2D eigenvalue weighted by Crippen LogP contribution is 2.56. The second-order valence-electron chi connectivity index (χ2n) is 9.82. The van der Waals surface area contributed by atoms with Gasteiger partial charge in [0.2, 0.25) is 5.41 Å². The summed E-state index contributed by atoms with van der Waals surface area (Å²) in [4.78, 5) is 52.5. The highest BCUT2D eigenvalue weighted by Gasteiger charge is 2.72. The average Bonchev–Trinajstić information content (AvgIpc) is 3.37. The van der Waals surface area contributed by atoms with Crippen molar-refractivity contribution in [1.29, 1.82) is 0 Å². The number of imide groups is 2. The van der Waals surface area contributed by atoms with Gasteiger partial charge in [0, 0.05) is 0 Å². The monoisotopic (exact) mass is 594 g/mol. The van der Waals surface area contributed by atoms with Crippen LogP contribution in [-0.2, 0) is 5.41 Å². The Kier molecular flexibility index (Phi) is 6.08. The fourth-order valence-electron chi connectivity index (χ4n) is 5.55. The molecule has 0 N–H and O–H groups in total. The molecule has 216 valence electrons. The fourth-order valence-corrected chi connectivity index (χ4v) is 5.55. The first-order valence-corrected chi connectivity index (χ1v) is 12.6. The van der Waals surface area contributed by atoms with E-state index in [2.05, 4.69) is 0 Å². The van der Waals surface area contributed by atoms with Gasteiger partial charge in [0.25, 0.3) is 23.6 Å². The van der Waals surface area contributed by atoms with E-state index in [1.165, 1.54) is 48.5 Å². The normalized spacial score (nSPS) is 15.3. The molecule has 43 heavy (non-hydrogen) atoms. The summed E-state index contributed by atoms with van der Waals surface area (Å²) in [6, 6.07) is 17.2. The number of rotatable bonds is 4. The standard InChI is InChI=1S/C31H16F6N2O4/c32-30(33,34)29(31(35,36)37,17-9-13-19(14-10-17)38-25(40)21-5-1-2-6-22(21)26(38)41)18-11-15-20(16-12-18)39-27(42)23-7-3-4-8-24(23)28(39)43/h1-16H. The third-order valence-electron chi connectivity index (χ3n) is 7.56. The molecule has 0 bridgehead atoms. The van der Waals surface area contributed by atoms with Gasteiger partial charge in [-0.05, 0) is 59.7 Å². The molecule has 0 aliphatic carbocycles. The molecule has 12 heteroatoms. The largest absolute Gasteiger partial charge is 0.411 e. The summed E-state index contributed by atoms with van der Waals surface area (Å²) in [5, 5.41) is 0. The number of fused-ring (bicyclic) bond motifs is 2. The SMILES string of the molecule is O=C1c2ccccc2C(=O)N1c1ccc(C(c2ccc(N3C(=O)c4ccccc4C3=O)cc2)(C(F)(F)F)C(F)(F)F)cc1. The topological polar surface area (TPSA) is 74.8 Å². The van der Waals surface area contributed by atoms with Crippen LogP contribution in [0.3, 0.4) is 0 Å². The van der Waals surface area contributed by atoms with Crippen LogP contribution in [0.25, 0.3) is 0 Å². The highest BCUT2D eigenvalue weighted by molar-refractivity contribution is 6.35. The van der Waals surface area contributed by atoms with Gasteiger partial charge in [0.15, 0.2) is 0 Å². The van der Waals surface area contributed by atoms with Crippen LogP contribution < -0.4 is 9.80 Å². The number of alkyl halides is 6. The summed E-state index contributed by atoms with van der Waals surface area (Å²) < 4.78 is 88.2. The molecule has 2 aliphatic heterocycles. The number of hydrogen-bond donors (Lipinski definition) is 0. The van der Waals surface area contributed by atoms with Crippen molar-refractivity contribution in [3.05, 3.63) is 130 Å². The second kappa shape index (κ2) is 9.38. The van der Waals surface area contributed by atoms with E-state index < -0.39 is 52.5 Å². The number of benzene rings is 4. The first-order valence-electron chi connectivity index (χ1n) is 12.6. The van der Waals surface area contributed by atoms with Gasteiger partial charge in [-0.15, -0.1) is 0 Å². The molecule has 0 aromatic heterocycles. The summed E-state index contributed by atoms with van der Waals surface area (Å²) in [5.41, 5.74) is -7.21. The minimum atomic E-state index is -5.92. The molecule has 6 rings (SSSR count). The summed E-state index contributed by atoms with van der Waals surface area (Å²) in [6.07, 6.45) is -11.8.